The largest absolute Gasteiger partial charge is 0.462 e. The van der Waals surface area contributed by atoms with Crippen molar-refractivity contribution < 1.29 is 23.9 Å². The summed E-state index contributed by atoms with van der Waals surface area (Å²) >= 11 is 2.29. The number of carbonyl (C=O) groups excluding carboxylic acids is 3. The lowest BCUT2D eigenvalue weighted by molar-refractivity contribution is -0.141. The van der Waals surface area contributed by atoms with Gasteiger partial charge in [0.05, 0.1) is 12.4 Å². The number of hydrogen-bond acceptors (Lipinski definition) is 8. The number of thioether (sulfide) groups is 1. The maximum atomic E-state index is 12.2. The van der Waals surface area contributed by atoms with E-state index in [0.29, 0.717) is 0 Å². The molecule has 0 bridgehead atoms. The molecule has 0 saturated heterocycles. The van der Waals surface area contributed by atoms with Gasteiger partial charge in [0.25, 0.3) is 5.91 Å². The summed E-state index contributed by atoms with van der Waals surface area (Å²) in [5.41, 5.74) is 6.23. The highest BCUT2D eigenvalue weighted by Gasteiger charge is 2.27. The third kappa shape index (κ3) is 5.48. The molecule has 9 heteroatoms. The SMILES string of the molecule is CCOC(=O)c1c(N)sc(C(=O)NC)c1COC(=O)CSc1ccccc1. The van der Waals surface area contributed by atoms with Gasteiger partial charge in [-0.2, -0.15) is 0 Å². The number of anilines is 1. The van der Waals surface area contributed by atoms with Crippen LogP contribution in [0.3, 0.4) is 0 Å². The molecule has 0 saturated carbocycles. The highest BCUT2D eigenvalue weighted by Crippen LogP contribution is 2.32. The molecule has 0 fully saturated rings. The van der Waals surface area contributed by atoms with Crippen molar-refractivity contribution >= 4 is 45.9 Å². The number of rotatable bonds is 8. The van der Waals surface area contributed by atoms with Gasteiger partial charge >= 0.3 is 11.9 Å². The molecule has 2 aromatic rings. The number of carbonyl (C=O) groups is 3. The van der Waals surface area contributed by atoms with Gasteiger partial charge in [0.2, 0.25) is 0 Å². The maximum Gasteiger partial charge on any atom is 0.341 e. The first-order valence-corrected chi connectivity index (χ1v) is 9.91. The van der Waals surface area contributed by atoms with E-state index in [9.17, 15) is 14.4 Å². The average molecular weight is 409 g/mol. The summed E-state index contributed by atoms with van der Waals surface area (Å²) in [7, 11) is 1.47. The molecule has 7 nitrogen and oxygen atoms in total. The van der Waals surface area contributed by atoms with Gasteiger partial charge in [0.1, 0.15) is 22.0 Å². The Kier molecular flexibility index (Phi) is 7.68. The summed E-state index contributed by atoms with van der Waals surface area (Å²) in [4.78, 5) is 37.5. The van der Waals surface area contributed by atoms with Crippen LogP contribution in [0.15, 0.2) is 35.2 Å². The normalized spacial score (nSPS) is 10.3. The molecular weight excluding hydrogens is 388 g/mol. The Balaban J connectivity index is 2.12. The van der Waals surface area contributed by atoms with Crippen LogP contribution in [0.1, 0.15) is 32.5 Å². The molecule has 27 heavy (non-hydrogen) atoms. The highest BCUT2D eigenvalue weighted by molar-refractivity contribution is 8.00. The second-order valence-corrected chi connectivity index (χ2v) is 7.31. The number of nitrogens with one attached hydrogen (secondary N) is 1. The van der Waals surface area contributed by atoms with Crippen LogP contribution in [-0.2, 0) is 20.9 Å². The molecule has 2 rings (SSSR count). The molecule has 144 valence electrons. The first-order chi connectivity index (χ1) is 13.0. The molecule has 1 heterocycles. The first kappa shape index (κ1) is 20.8. The van der Waals surface area contributed by atoms with Crippen molar-refractivity contribution in [1.82, 2.24) is 5.32 Å². The second kappa shape index (κ2) is 9.98. The van der Waals surface area contributed by atoms with Crippen LogP contribution in [0.25, 0.3) is 0 Å². The lowest BCUT2D eigenvalue weighted by atomic mass is 10.1. The molecule has 1 amide bonds. The smallest absolute Gasteiger partial charge is 0.341 e. The third-order valence-electron chi connectivity index (χ3n) is 3.42. The van der Waals surface area contributed by atoms with Crippen molar-refractivity contribution in [2.24, 2.45) is 0 Å². The summed E-state index contributed by atoms with van der Waals surface area (Å²) in [6.45, 7) is 1.59. The van der Waals surface area contributed by atoms with Gasteiger partial charge in [-0.1, -0.05) is 18.2 Å². The van der Waals surface area contributed by atoms with Crippen molar-refractivity contribution in [1.29, 1.82) is 0 Å². The predicted molar refractivity (Wildman–Crippen MR) is 105 cm³/mol. The van der Waals surface area contributed by atoms with Gasteiger partial charge in [0.15, 0.2) is 0 Å². The van der Waals surface area contributed by atoms with Gasteiger partial charge in [-0.25, -0.2) is 4.79 Å². The van der Waals surface area contributed by atoms with E-state index in [0.717, 1.165) is 16.2 Å². The lowest BCUT2D eigenvalue weighted by Gasteiger charge is -2.09. The number of thiophene rings is 1. The minimum Gasteiger partial charge on any atom is -0.462 e. The van der Waals surface area contributed by atoms with E-state index in [1.807, 2.05) is 30.3 Å². The highest BCUT2D eigenvalue weighted by atomic mass is 32.2. The van der Waals surface area contributed by atoms with E-state index in [-0.39, 0.29) is 40.0 Å². The van der Waals surface area contributed by atoms with Gasteiger partial charge in [0, 0.05) is 17.5 Å². The summed E-state index contributed by atoms with van der Waals surface area (Å²) in [5.74, 6) is -1.42. The summed E-state index contributed by atoms with van der Waals surface area (Å²) in [5, 5.41) is 2.64. The standard InChI is InChI=1S/C18H20N2O5S2/c1-3-24-18(23)14-12(15(17(22)20-2)27-16(14)19)9-25-13(21)10-26-11-7-5-4-6-8-11/h4-8H,3,9-10,19H2,1-2H3,(H,20,22). The Labute approximate surface area is 165 Å². The monoisotopic (exact) mass is 408 g/mol. The number of nitrogen functional groups attached to an aromatic ring is 1. The third-order valence-corrected chi connectivity index (χ3v) is 5.47. The summed E-state index contributed by atoms with van der Waals surface area (Å²) in [6.07, 6.45) is 0. The molecule has 0 atom stereocenters. The zero-order valence-corrected chi connectivity index (χ0v) is 16.6. The molecule has 0 aliphatic carbocycles. The minimum absolute atomic E-state index is 0.0731. The van der Waals surface area contributed by atoms with Gasteiger partial charge in [-0.15, -0.1) is 23.1 Å². The number of ether oxygens (including phenoxy) is 2. The number of hydrogen-bond donors (Lipinski definition) is 2. The molecule has 0 aliphatic heterocycles. The Bertz CT molecular complexity index is 821. The zero-order chi connectivity index (χ0) is 19.8. The fourth-order valence-corrected chi connectivity index (χ4v) is 3.92. The Morgan fingerprint density at radius 3 is 2.52 bits per heavy atom. The topological polar surface area (TPSA) is 108 Å². The van der Waals surface area contributed by atoms with Crippen LogP contribution in [0.2, 0.25) is 0 Å². The van der Waals surface area contributed by atoms with E-state index in [2.05, 4.69) is 5.32 Å². The van der Waals surface area contributed by atoms with E-state index >= 15 is 0 Å². The second-order valence-electron chi connectivity index (χ2n) is 5.21. The summed E-state index contributed by atoms with van der Waals surface area (Å²) < 4.78 is 10.3. The van der Waals surface area contributed by atoms with Crippen molar-refractivity contribution in [3.8, 4) is 0 Å². The fourth-order valence-electron chi connectivity index (χ4n) is 2.20. The van der Waals surface area contributed by atoms with Crippen LogP contribution < -0.4 is 11.1 Å². The summed E-state index contributed by atoms with van der Waals surface area (Å²) in [6, 6.07) is 9.42. The Hall–Kier alpha value is -2.52. The average Bonchev–Trinajstić information content (AvgIpc) is 3.01. The maximum absolute atomic E-state index is 12.2. The zero-order valence-electron chi connectivity index (χ0n) is 14.9. The fraction of sp³-hybridized carbons (Fsp3) is 0.278. The van der Waals surface area contributed by atoms with E-state index in [1.165, 1.54) is 18.8 Å². The van der Waals surface area contributed by atoms with Crippen LogP contribution in [0, 0.1) is 0 Å². The van der Waals surface area contributed by atoms with Crippen LogP contribution >= 0.6 is 23.1 Å². The molecule has 0 aliphatic rings. The number of benzene rings is 1. The number of nitrogens with two attached hydrogens (primary N) is 1. The molecular formula is C18H20N2O5S2. The molecule has 3 N–H and O–H groups in total. The quantitative estimate of drug-likeness (QED) is 0.511. The molecule has 1 aromatic heterocycles. The van der Waals surface area contributed by atoms with Crippen molar-refractivity contribution in [3.05, 3.63) is 46.3 Å². The Morgan fingerprint density at radius 1 is 1.19 bits per heavy atom. The van der Waals surface area contributed by atoms with Gasteiger partial charge in [-0.3, -0.25) is 9.59 Å². The van der Waals surface area contributed by atoms with Gasteiger partial charge in [-0.05, 0) is 19.1 Å². The number of amides is 1. The van der Waals surface area contributed by atoms with Crippen LogP contribution in [-0.4, -0.2) is 37.3 Å². The number of esters is 2. The van der Waals surface area contributed by atoms with E-state index in [1.54, 1.807) is 6.92 Å². The molecule has 0 unspecified atom stereocenters. The van der Waals surface area contributed by atoms with Crippen LogP contribution in [0.4, 0.5) is 5.00 Å². The van der Waals surface area contributed by atoms with Crippen LogP contribution in [0.5, 0.6) is 0 Å². The Morgan fingerprint density at radius 2 is 1.89 bits per heavy atom. The lowest BCUT2D eigenvalue weighted by Crippen LogP contribution is -2.20. The van der Waals surface area contributed by atoms with E-state index in [4.69, 9.17) is 15.2 Å². The van der Waals surface area contributed by atoms with Crippen molar-refractivity contribution in [2.75, 3.05) is 25.1 Å². The molecule has 0 radical (unpaired) electrons. The van der Waals surface area contributed by atoms with Crippen molar-refractivity contribution in [3.63, 3.8) is 0 Å². The van der Waals surface area contributed by atoms with Crippen molar-refractivity contribution in [2.45, 2.75) is 18.4 Å². The molecule has 0 spiro atoms. The van der Waals surface area contributed by atoms with Gasteiger partial charge < -0.3 is 20.5 Å². The first-order valence-electron chi connectivity index (χ1n) is 8.11. The van der Waals surface area contributed by atoms with E-state index < -0.39 is 17.8 Å². The minimum atomic E-state index is -0.647. The predicted octanol–water partition coefficient (Wildman–Crippen LogP) is 2.70. The molecule has 1 aromatic carbocycles.